The predicted molar refractivity (Wildman–Crippen MR) is 130 cm³/mol. The van der Waals surface area contributed by atoms with Crippen molar-refractivity contribution in [1.29, 1.82) is 5.26 Å². The standard InChI is InChI=1S/C27H18FN3O4/c28-21-9-11-22(12-10-21)30-27(32)20(16-29)15-25-24-7-2-1-5-19(24)8-13-26(25)35-17-18-4-3-6-23(14-18)31(33)34/h1-15H,17H2,(H,30,32)/b20-15+. The smallest absolute Gasteiger partial charge is 0.269 e. The van der Waals surface area contributed by atoms with Crippen LogP contribution < -0.4 is 10.1 Å². The Morgan fingerprint density at radius 2 is 1.83 bits per heavy atom. The Labute approximate surface area is 199 Å². The van der Waals surface area contributed by atoms with Crippen molar-refractivity contribution in [3.63, 3.8) is 0 Å². The van der Waals surface area contributed by atoms with E-state index in [9.17, 15) is 24.6 Å². The van der Waals surface area contributed by atoms with Crippen molar-refractivity contribution in [2.24, 2.45) is 0 Å². The minimum absolute atomic E-state index is 0.0462. The molecule has 1 N–H and O–H groups in total. The molecule has 0 aromatic heterocycles. The first-order valence-electron chi connectivity index (χ1n) is 10.5. The molecule has 0 saturated carbocycles. The van der Waals surface area contributed by atoms with Gasteiger partial charge in [0.25, 0.3) is 11.6 Å². The molecule has 0 atom stereocenters. The maximum atomic E-state index is 13.2. The maximum Gasteiger partial charge on any atom is 0.269 e. The van der Waals surface area contributed by atoms with E-state index in [0.29, 0.717) is 22.6 Å². The number of fused-ring (bicyclic) bond motifs is 1. The predicted octanol–water partition coefficient (Wildman–Crippen LogP) is 6.01. The Morgan fingerprint density at radius 1 is 1.06 bits per heavy atom. The van der Waals surface area contributed by atoms with Gasteiger partial charge in [-0.05, 0) is 52.7 Å². The van der Waals surface area contributed by atoms with Crippen LogP contribution in [0.25, 0.3) is 16.8 Å². The first kappa shape index (κ1) is 23.1. The van der Waals surface area contributed by atoms with Crippen molar-refractivity contribution in [2.75, 3.05) is 5.32 Å². The summed E-state index contributed by atoms with van der Waals surface area (Å²) in [6.45, 7) is 0.0462. The number of carbonyl (C=O) groups excluding carboxylic acids is 1. The quantitative estimate of drug-likeness (QED) is 0.155. The van der Waals surface area contributed by atoms with Crippen LogP contribution in [0.5, 0.6) is 5.75 Å². The number of non-ortho nitro benzene ring substituents is 1. The topological polar surface area (TPSA) is 105 Å². The zero-order valence-corrected chi connectivity index (χ0v) is 18.3. The molecule has 0 radical (unpaired) electrons. The first-order chi connectivity index (χ1) is 16.9. The summed E-state index contributed by atoms with van der Waals surface area (Å²) < 4.78 is 19.1. The molecule has 0 spiro atoms. The highest BCUT2D eigenvalue weighted by atomic mass is 19.1. The van der Waals surface area contributed by atoms with E-state index in [1.807, 2.05) is 36.4 Å². The molecule has 0 aliphatic heterocycles. The Hall–Kier alpha value is -5.03. The van der Waals surface area contributed by atoms with Crippen LogP contribution in [-0.2, 0) is 11.4 Å². The van der Waals surface area contributed by atoms with Gasteiger partial charge in [0, 0.05) is 23.4 Å². The lowest BCUT2D eigenvalue weighted by molar-refractivity contribution is -0.384. The van der Waals surface area contributed by atoms with Gasteiger partial charge in [0.15, 0.2) is 0 Å². The Morgan fingerprint density at radius 3 is 2.57 bits per heavy atom. The van der Waals surface area contributed by atoms with Crippen LogP contribution in [0.2, 0.25) is 0 Å². The van der Waals surface area contributed by atoms with Crippen molar-refractivity contribution >= 4 is 34.1 Å². The highest BCUT2D eigenvalue weighted by Crippen LogP contribution is 2.31. The normalized spacial score (nSPS) is 11.0. The summed E-state index contributed by atoms with van der Waals surface area (Å²) >= 11 is 0. The number of anilines is 1. The summed E-state index contributed by atoms with van der Waals surface area (Å²) in [5.41, 5.74) is 1.23. The highest BCUT2D eigenvalue weighted by molar-refractivity contribution is 6.11. The number of benzene rings is 4. The van der Waals surface area contributed by atoms with Crippen LogP contribution in [0.4, 0.5) is 15.8 Å². The Kier molecular flexibility index (Phi) is 6.79. The number of carbonyl (C=O) groups is 1. The summed E-state index contributed by atoms with van der Waals surface area (Å²) in [5, 5.41) is 25.0. The number of nitrogens with zero attached hydrogens (tertiary/aromatic N) is 2. The van der Waals surface area contributed by atoms with E-state index in [1.165, 1.54) is 42.5 Å². The maximum absolute atomic E-state index is 13.2. The second-order valence-electron chi connectivity index (χ2n) is 7.55. The van der Waals surface area contributed by atoms with Crippen molar-refractivity contribution in [1.82, 2.24) is 0 Å². The molecule has 35 heavy (non-hydrogen) atoms. The highest BCUT2D eigenvalue weighted by Gasteiger charge is 2.14. The lowest BCUT2D eigenvalue weighted by Gasteiger charge is -2.13. The van der Waals surface area contributed by atoms with Gasteiger partial charge in [0.1, 0.15) is 29.8 Å². The number of hydrogen-bond donors (Lipinski definition) is 1. The molecule has 4 aromatic carbocycles. The number of hydrogen-bond acceptors (Lipinski definition) is 5. The number of ether oxygens (including phenoxy) is 1. The SMILES string of the molecule is N#C/C(=C\c1c(OCc2cccc([N+](=O)[O-])c2)ccc2ccccc12)C(=O)Nc1ccc(F)cc1. The monoisotopic (exact) mass is 467 g/mol. The fraction of sp³-hybridized carbons (Fsp3) is 0.0370. The van der Waals surface area contributed by atoms with Crippen molar-refractivity contribution in [3.05, 3.63) is 118 Å². The Bertz CT molecular complexity index is 1490. The molecule has 0 heterocycles. The fourth-order valence-electron chi connectivity index (χ4n) is 3.50. The number of halogens is 1. The number of nitro groups is 1. The largest absolute Gasteiger partial charge is 0.488 e. The van der Waals surface area contributed by atoms with E-state index in [4.69, 9.17) is 4.74 Å². The number of rotatable bonds is 7. The van der Waals surface area contributed by atoms with Crippen molar-refractivity contribution in [3.8, 4) is 11.8 Å². The zero-order valence-electron chi connectivity index (χ0n) is 18.3. The number of amides is 1. The van der Waals surface area contributed by atoms with Gasteiger partial charge >= 0.3 is 0 Å². The molecule has 7 nitrogen and oxygen atoms in total. The van der Waals surface area contributed by atoms with Crippen LogP contribution >= 0.6 is 0 Å². The zero-order chi connectivity index (χ0) is 24.8. The molecule has 172 valence electrons. The van der Waals surface area contributed by atoms with Gasteiger partial charge in [0.05, 0.1) is 4.92 Å². The van der Waals surface area contributed by atoms with E-state index in [2.05, 4.69) is 5.32 Å². The number of nitro benzene ring substituents is 1. The average molecular weight is 467 g/mol. The molecule has 0 fully saturated rings. The second-order valence-corrected chi connectivity index (χ2v) is 7.55. The third-order valence-corrected chi connectivity index (χ3v) is 5.20. The first-order valence-corrected chi connectivity index (χ1v) is 10.5. The molecule has 8 heteroatoms. The Balaban J connectivity index is 1.68. The van der Waals surface area contributed by atoms with Gasteiger partial charge in [-0.2, -0.15) is 5.26 Å². The van der Waals surface area contributed by atoms with Gasteiger partial charge in [-0.3, -0.25) is 14.9 Å². The van der Waals surface area contributed by atoms with Gasteiger partial charge in [-0.25, -0.2) is 4.39 Å². The number of nitrogens with one attached hydrogen (secondary N) is 1. The molecular formula is C27H18FN3O4. The molecule has 0 saturated heterocycles. The third-order valence-electron chi connectivity index (χ3n) is 5.20. The third kappa shape index (κ3) is 5.49. The van der Waals surface area contributed by atoms with Gasteiger partial charge in [-0.15, -0.1) is 0 Å². The molecule has 1 amide bonds. The number of nitriles is 1. The lowest BCUT2D eigenvalue weighted by atomic mass is 10.0. The van der Waals surface area contributed by atoms with Crippen LogP contribution in [0, 0.1) is 27.3 Å². The van der Waals surface area contributed by atoms with Crippen molar-refractivity contribution < 1.29 is 18.8 Å². The minimum Gasteiger partial charge on any atom is -0.488 e. The van der Waals surface area contributed by atoms with E-state index in [1.54, 1.807) is 18.2 Å². The van der Waals surface area contributed by atoms with E-state index in [-0.39, 0.29) is 17.9 Å². The van der Waals surface area contributed by atoms with Crippen molar-refractivity contribution in [2.45, 2.75) is 6.61 Å². The second kappa shape index (κ2) is 10.3. The molecular weight excluding hydrogens is 449 g/mol. The summed E-state index contributed by atoms with van der Waals surface area (Å²) in [4.78, 5) is 23.3. The van der Waals surface area contributed by atoms with Gasteiger partial charge < -0.3 is 10.1 Å². The lowest BCUT2D eigenvalue weighted by Crippen LogP contribution is -2.13. The van der Waals surface area contributed by atoms with Crippen LogP contribution in [0.3, 0.4) is 0 Å². The summed E-state index contributed by atoms with van der Waals surface area (Å²) in [6.07, 6.45) is 1.43. The summed E-state index contributed by atoms with van der Waals surface area (Å²) in [6, 6.07) is 24.2. The molecule has 4 rings (SSSR count). The fourth-order valence-corrected chi connectivity index (χ4v) is 3.50. The molecule has 0 aliphatic rings. The van der Waals surface area contributed by atoms with Gasteiger partial charge in [-0.1, -0.05) is 42.5 Å². The van der Waals surface area contributed by atoms with Crippen LogP contribution in [-0.4, -0.2) is 10.8 Å². The summed E-state index contributed by atoms with van der Waals surface area (Å²) in [5.74, 6) is -0.699. The van der Waals surface area contributed by atoms with E-state index in [0.717, 1.165) is 10.8 Å². The van der Waals surface area contributed by atoms with E-state index >= 15 is 0 Å². The molecule has 0 unspecified atom stereocenters. The van der Waals surface area contributed by atoms with Gasteiger partial charge in [0.2, 0.25) is 0 Å². The molecule has 0 bridgehead atoms. The van der Waals surface area contributed by atoms with E-state index < -0.39 is 16.6 Å². The average Bonchev–Trinajstić information content (AvgIpc) is 2.87. The summed E-state index contributed by atoms with van der Waals surface area (Å²) in [7, 11) is 0. The van der Waals surface area contributed by atoms with Crippen LogP contribution in [0.15, 0.2) is 90.5 Å². The molecule has 4 aromatic rings. The molecule has 0 aliphatic carbocycles. The van der Waals surface area contributed by atoms with Crippen LogP contribution in [0.1, 0.15) is 11.1 Å². The minimum atomic E-state index is -0.656.